The number of carbonyl (C=O) groups excluding carboxylic acids is 7. The number of aryl methyl sites for hydroxylation is 1. The molecule has 6 atom stereocenters. The van der Waals surface area contributed by atoms with E-state index >= 15 is 0 Å². The molecule has 0 aliphatic rings. The second-order valence-corrected chi connectivity index (χ2v) is 16.2. The Hall–Kier alpha value is -5.88. The second kappa shape index (κ2) is 25.6. The molecule has 0 saturated carbocycles. The van der Waals surface area contributed by atoms with E-state index in [9.17, 15) is 58.2 Å². The molecule has 19 heteroatoms. The number of carbonyl (C=O) groups is 10. The van der Waals surface area contributed by atoms with Gasteiger partial charge in [-0.05, 0) is 48.6 Å². The molecule has 6 amide bonds. The molecule has 9 N–H and O–H groups in total. The molecule has 0 spiro atoms. The zero-order valence-corrected chi connectivity index (χ0v) is 35.4. The van der Waals surface area contributed by atoms with Gasteiger partial charge in [0.15, 0.2) is 0 Å². The van der Waals surface area contributed by atoms with E-state index in [2.05, 4.69) is 31.9 Å². The number of unbranched alkanes of at least 4 members (excludes halogenated alkanes) is 1. The fraction of sp³-hybridized carbons (Fsp3) is 0.610. The number of amides is 6. The predicted molar refractivity (Wildman–Crippen MR) is 217 cm³/mol. The summed E-state index contributed by atoms with van der Waals surface area (Å²) in [5.74, 6) is -9.64. The summed E-state index contributed by atoms with van der Waals surface area (Å²) in [4.78, 5) is 127. The van der Waals surface area contributed by atoms with Gasteiger partial charge < -0.3 is 52.0 Å². The molecule has 1 unspecified atom stereocenters. The van der Waals surface area contributed by atoms with Crippen molar-refractivity contribution in [1.82, 2.24) is 31.9 Å². The lowest BCUT2D eigenvalue weighted by Gasteiger charge is -2.33. The topological polar surface area (TPSA) is 304 Å². The molecular formula is C41H62N6O13. The molecule has 0 fully saturated rings. The highest BCUT2D eigenvalue weighted by atomic mass is 16.4. The highest BCUT2D eigenvalue weighted by molar-refractivity contribution is 5.97. The third kappa shape index (κ3) is 19.7. The number of hydrogen-bond acceptors (Lipinski definition) is 10. The lowest BCUT2D eigenvalue weighted by molar-refractivity contribution is -0.142. The minimum absolute atomic E-state index is 0.0649. The number of carboxylic acid groups (broad SMARTS) is 3. The normalized spacial score (nSPS) is 14.2. The van der Waals surface area contributed by atoms with Gasteiger partial charge in [-0.25, -0.2) is 0 Å². The number of hydrogen-bond donors (Lipinski definition) is 9. The molecule has 19 nitrogen and oxygen atoms in total. The second-order valence-electron chi connectivity index (χ2n) is 16.2. The first-order chi connectivity index (χ1) is 28.0. The summed E-state index contributed by atoms with van der Waals surface area (Å²) in [6.07, 6.45) is -0.771. The van der Waals surface area contributed by atoms with Gasteiger partial charge in [0.1, 0.15) is 36.5 Å². The zero-order chi connectivity index (χ0) is 45.7. The van der Waals surface area contributed by atoms with Crippen molar-refractivity contribution in [2.75, 3.05) is 0 Å². The standard InChI is InChI=1S/C41H62N6O13/c1-8-9-14-26(22-48)42-37(57)28(19-23(2)3)46-40(60)35(41(5,6)7)47-39(59)29(20-25-13-11-10-12-24(25)4)45-36(56)27(15-17-32(50)51)44-38(58)30(21-34(54)55)43-31(49)16-18-33(52)53/h10-13,22-23,26-30,35H,8-9,14-21H2,1-7H3,(H,42,57)(H,43,49)(H,44,58)(H,45,56)(H,46,60)(H,47,59)(H,50,51)(H,52,53)(H,54,55)/t26?,27-,28-,29-,30-,35+/m0/s1. The largest absolute Gasteiger partial charge is 0.481 e. The summed E-state index contributed by atoms with van der Waals surface area (Å²) in [6.45, 7) is 12.4. The Morgan fingerprint density at radius 2 is 1.20 bits per heavy atom. The molecule has 0 aliphatic carbocycles. The maximum atomic E-state index is 14.2. The van der Waals surface area contributed by atoms with E-state index in [1.165, 1.54) is 0 Å². The first-order valence-electron chi connectivity index (χ1n) is 19.9. The fourth-order valence-corrected chi connectivity index (χ4v) is 5.98. The number of carboxylic acids is 3. The van der Waals surface area contributed by atoms with Crippen LogP contribution in [0.15, 0.2) is 24.3 Å². The van der Waals surface area contributed by atoms with Crippen molar-refractivity contribution in [3.8, 4) is 0 Å². The third-order valence-corrected chi connectivity index (χ3v) is 9.31. The average molecular weight is 847 g/mol. The van der Waals surface area contributed by atoms with Crippen LogP contribution in [-0.4, -0.2) is 111 Å². The van der Waals surface area contributed by atoms with Gasteiger partial charge in [-0.15, -0.1) is 0 Å². The summed E-state index contributed by atoms with van der Waals surface area (Å²) < 4.78 is 0. The van der Waals surface area contributed by atoms with Crippen molar-refractivity contribution in [2.24, 2.45) is 11.3 Å². The maximum absolute atomic E-state index is 14.2. The molecule has 0 aromatic heterocycles. The maximum Gasteiger partial charge on any atom is 0.305 e. The molecule has 0 radical (unpaired) electrons. The first kappa shape index (κ1) is 52.1. The molecule has 0 heterocycles. The van der Waals surface area contributed by atoms with Gasteiger partial charge in [0.25, 0.3) is 0 Å². The summed E-state index contributed by atoms with van der Waals surface area (Å²) in [6, 6.07) is -1.14. The van der Waals surface area contributed by atoms with E-state index < -0.39 is 127 Å². The molecular weight excluding hydrogens is 784 g/mol. The van der Waals surface area contributed by atoms with Crippen molar-refractivity contribution >= 4 is 59.6 Å². The smallest absolute Gasteiger partial charge is 0.305 e. The monoisotopic (exact) mass is 846 g/mol. The van der Waals surface area contributed by atoms with Crippen LogP contribution in [0.25, 0.3) is 0 Å². The molecule has 0 aliphatic heterocycles. The number of aliphatic carboxylic acids is 3. The highest BCUT2D eigenvalue weighted by Gasteiger charge is 2.38. The molecule has 0 saturated heterocycles. The van der Waals surface area contributed by atoms with Crippen LogP contribution in [0.1, 0.15) is 110 Å². The van der Waals surface area contributed by atoms with Gasteiger partial charge in [-0.2, -0.15) is 0 Å². The van der Waals surface area contributed by atoms with Gasteiger partial charge >= 0.3 is 17.9 Å². The van der Waals surface area contributed by atoms with Crippen molar-refractivity contribution in [1.29, 1.82) is 0 Å². The Morgan fingerprint density at radius 3 is 1.73 bits per heavy atom. The Morgan fingerprint density at radius 1 is 0.650 bits per heavy atom. The number of benzene rings is 1. The van der Waals surface area contributed by atoms with Crippen LogP contribution in [0, 0.1) is 18.3 Å². The zero-order valence-electron chi connectivity index (χ0n) is 35.4. The molecule has 1 aromatic carbocycles. The van der Waals surface area contributed by atoms with Crippen LogP contribution in [0.3, 0.4) is 0 Å². The summed E-state index contributed by atoms with van der Waals surface area (Å²) in [5, 5.41) is 42.7. The van der Waals surface area contributed by atoms with Crippen LogP contribution in [0.2, 0.25) is 0 Å². The lowest BCUT2D eigenvalue weighted by Crippen LogP contribution is -2.62. The SMILES string of the molecule is CCCCC(C=O)NC(=O)[C@H](CC(C)C)NC(=O)[C@@H](NC(=O)[C@H](Cc1ccccc1C)NC(=O)[C@H](CCC(=O)O)NC(=O)[C@H](CC(=O)O)NC(=O)CCC(=O)O)C(C)(C)C. The van der Waals surface area contributed by atoms with Crippen LogP contribution in [0.5, 0.6) is 0 Å². The summed E-state index contributed by atoms with van der Waals surface area (Å²) in [7, 11) is 0. The van der Waals surface area contributed by atoms with E-state index in [-0.39, 0.29) is 18.8 Å². The third-order valence-electron chi connectivity index (χ3n) is 9.31. The van der Waals surface area contributed by atoms with Crippen molar-refractivity contribution < 1.29 is 63.3 Å². The quantitative estimate of drug-likeness (QED) is 0.0562. The molecule has 60 heavy (non-hydrogen) atoms. The Labute approximate surface area is 350 Å². The van der Waals surface area contributed by atoms with Crippen molar-refractivity contribution in [3.63, 3.8) is 0 Å². The van der Waals surface area contributed by atoms with E-state index in [1.807, 2.05) is 20.8 Å². The van der Waals surface area contributed by atoms with Gasteiger partial charge in [0.2, 0.25) is 35.4 Å². The Balaban J connectivity index is 3.54. The number of nitrogens with one attached hydrogen (secondary N) is 6. The average Bonchev–Trinajstić information content (AvgIpc) is 3.14. The van der Waals surface area contributed by atoms with E-state index in [1.54, 1.807) is 52.0 Å². The van der Waals surface area contributed by atoms with Gasteiger partial charge in [0, 0.05) is 19.3 Å². The lowest BCUT2D eigenvalue weighted by atomic mass is 9.85. The molecule has 1 rings (SSSR count). The van der Waals surface area contributed by atoms with Crippen LogP contribution in [-0.2, 0) is 54.4 Å². The van der Waals surface area contributed by atoms with Crippen molar-refractivity contribution in [2.45, 2.75) is 149 Å². The molecule has 1 aromatic rings. The van der Waals surface area contributed by atoms with Gasteiger partial charge in [0.05, 0.1) is 18.9 Å². The first-order valence-corrected chi connectivity index (χ1v) is 19.9. The summed E-state index contributed by atoms with van der Waals surface area (Å²) in [5.41, 5.74) is 0.359. The summed E-state index contributed by atoms with van der Waals surface area (Å²) >= 11 is 0. The Kier molecular flexibility index (Phi) is 22.2. The Bertz CT molecular complexity index is 1690. The fourth-order valence-electron chi connectivity index (χ4n) is 5.98. The minimum Gasteiger partial charge on any atom is -0.481 e. The van der Waals surface area contributed by atoms with Gasteiger partial charge in [-0.3, -0.25) is 43.2 Å². The van der Waals surface area contributed by atoms with Gasteiger partial charge in [-0.1, -0.05) is 78.6 Å². The molecule has 0 bridgehead atoms. The number of aldehydes is 1. The predicted octanol–water partition coefficient (Wildman–Crippen LogP) is 1.13. The van der Waals surface area contributed by atoms with E-state index in [4.69, 9.17) is 5.11 Å². The van der Waals surface area contributed by atoms with Crippen molar-refractivity contribution in [3.05, 3.63) is 35.4 Å². The van der Waals surface area contributed by atoms with E-state index in [0.717, 1.165) is 12.0 Å². The number of rotatable bonds is 27. The van der Waals surface area contributed by atoms with Crippen LogP contribution >= 0.6 is 0 Å². The minimum atomic E-state index is -1.79. The molecule has 334 valence electrons. The highest BCUT2D eigenvalue weighted by Crippen LogP contribution is 2.21. The van der Waals surface area contributed by atoms with Crippen LogP contribution in [0.4, 0.5) is 0 Å². The van der Waals surface area contributed by atoms with Crippen LogP contribution < -0.4 is 31.9 Å². The van der Waals surface area contributed by atoms with E-state index in [0.29, 0.717) is 24.7 Å².